The van der Waals surface area contributed by atoms with Crippen LogP contribution >= 0.6 is 34.2 Å². The number of hydrogen-bond acceptors (Lipinski definition) is 4. The van der Waals surface area contributed by atoms with E-state index >= 15 is 0 Å². The van der Waals surface area contributed by atoms with Gasteiger partial charge in [-0.25, -0.2) is 9.98 Å². The van der Waals surface area contributed by atoms with Gasteiger partial charge in [0.15, 0.2) is 5.84 Å². The molecule has 7 heteroatoms. The van der Waals surface area contributed by atoms with Crippen LogP contribution in [0.15, 0.2) is 64.6 Å². The van der Waals surface area contributed by atoms with Gasteiger partial charge in [0.25, 0.3) is 0 Å². The van der Waals surface area contributed by atoms with E-state index in [1.165, 1.54) is 0 Å². The third kappa shape index (κ3) is 3.55. The summed E-state index contributed by atoms with van der Waals surface area (Å²) in [7, 11) is 0. The molecule has 0 amide bonds. The highest BCUT2D eigenvalue weighted by atomic mass is 127. The van der Waals surface area contributed by atoms with Crippen LogP contribution in [0.1, 0.15) is 21.5 Å². The quantitative estimate of drug-likeness (QED) is 0.395. The molecule has 0 aliphatic carbocycles. The van der Waals surface area contributed by atoms with Gasteiger partial charge in [0.1, 0.15) is 10.7 Å². The van der Waals surface area contributed by atoms with Gasteiger partial charge >= 0.3 is 5.97 Å². The lowest BCUT2D eigenvalue weighted by molar-refractivity contribution is -0.137. The maximum absolute atomic E-state index is 11.5. The SMILES string of the molecule is Nc1ccc(C2=NC(CC(=O)O)(C(I)c3ccccc3)C(Cl)=N2)cc1. The zero-order chi connectivity index (χ0) is 18.0. The Morgan fingerprint density at radius 3 is 2.44 bits per heavy atom. The van der Waals surface area contributed by atoms with Gasteiger partial charge in [0.2, 0.25) is 0 Å². The largest absolute Gasteiger partial charge is 0.481 e. The summed E-state index contributed by atoms with van der Waals surface area (Å²) in [6.45, 7) is 0. The number of carbonyl (C=O) groups is 1. The monoisotopic (exact) mass is 467 g/mol. The number of nitrogen functional groups attached to an aromatic ring is 1. The van der Waals surface area contributed by atoms with Gasteiger partial charge in [-0.15, -0.1) is 0 Å². The second-order valence-corrected chi connectivity index (χ2v) is 7.33. The molecule has 2 atom stereocenters. The van der Waals surface area contributed by atoms with Gasteiger partial charge in [-0.2, -0.15) is 0 Å². The van der Waals surface area contributed by atoms with Crippen LogP contribution in [0.2, 0.25) is 0 Å². The summed E-state index contributed by atoms with van der Waals surface area (Å²) in [6.07, 6.45) is -0.240. The number of carboxylic acid groups (broad SMARTS) is 1. The van der Waals surface area contributed by atoms with Crippen LogP contribution in [-0.4, -0.2) is 27.6 Å². The third-order valence-corrected chi connectivity index (χ3v) is 6.13. The molecule has 3 rings (SSSR count). The highest BCUT2D eigenvalue weighted by Crippen LogP contribution is 2.45. The fourth-order valence-corrected chi connectivity index (χ4v) is 4.25. The zero-order valence-electron chi connectivity index (χ0n) is 13.1. The molecule has 1 aliphatic rings. The van der Waals surface area contributed by atoms with Crippen molar-refractivity contribution >= 4 is 56.9 Å². The average molecular weight is 468 g/mol. The second-order valence-electron chi connectivity index (χ2n) is 5.73. The standard InChI is InChI=1S/C18H15ClIN3O2/c19-17-18(10-14(24)25,15(20)11-4-2-1-3-5-11)23-16(22-17)12-6-8-13(21)9-7-12/h1-9,15H,10,21H2,(H,24,25). The van der Waals surface area contributed by atoms with Crippen molar-refractivity contribution in [1.82, 2.24) is 0 Å². The minimum atomic E-state index is -1.13. The summed E-state index contributed by atoms with van der Waals surface area (Å²) >= 11 is 8.63. The number of hydrogen-bond donors (Lipinski definition) is 2. The van der Waals surface area contributed by atoms with E-state index in [9.17, 15) is 9.90 Å². The van der Waals surface area contributed by atoms with Crippen molar-refractivity contribution in [3.05, 3.63) is 65.7 Å². The number of anilines is 1. The number of nitrogens with zero attached hydrogens (tertiary/aromatic N) is 2. The molecule has 3 N–H and O–H groups in total. The third-order valence-electron chi connectivity index (χ3n) is 3.97. The Balaban J connectivity index is 2.08. The molecule has 2 aromatic carbocycles. The summed E-state index contributed by atoms with van der Waals surface area (Å²) in [4.78, 5) is 20.6. The molecule has 128 valence electrons. The molecule has 1 heterocycles. The van der Waals surface area contributed by atoms with Crippen LogP contribution < -0.4 is 5.73 Å². The molecular formula is C18H15ClIN3O2. The van der Waals surface area contributed by atoms with E-state index in [1.807, 2.05) is 30.3 Å². The molecule has 0 saturated heterocycles. The molecule has 2 unspecified atom stereocenters. The number of aliphatic imine (C=N–C) groups is 2. The molecule has 0 bridgehead atoms. The number of carboxylic acids is 1. The average Bonchev–Trinajstić information content (AvgIpc) is 2.92. The Labute approximate surface area is 163 Å². The number of halogens is 2. The van der Waals surface area contributed by atoms with Crippen molar-refractivity contribution in [3.8, 4) is 0 Å². The Morgan fingerprint density at radius 2 is 1.84 bits per heavy atom. The van der Waals surface area contributed by atoms with Gasteiger partial charge in [-0.1, -0.05) is 64.5 Å². The van der Waals surface area contributed by atoms with E-state index in [-0.39, 0.29) is 15.5 Å². The lowest BCUT2D eigenvalue weighted by Crippen LogP contribution is -2.38. The maximum atomic E-state index is 11.5. The van der Waals surface area contributed by atoms with E-state index in [4.69, 9.17) is 17.3 Å². The lowest BCUT2D eigenvalue weighted by atomic mass is 9.89. The Morgan fingerprint density at radius 1 is 1.20 bits per heavy atom. The molecule has 0 radical (unpaired) electrons. The summed E-state index contributed by atoms with van der Waals surface area (Å²) in [6, 6.07) is 16.7. The van der Waals surface area contributed by atoms with Crippen LogP contribution in [0.5, 0.6) is 0 Å². The van der Waals surface area contributed by atoms with Crippen LogP contribution in [0, 0.1) is 0 Å². The Bertz CT molecular complexity index is 852. The van der Waals surface area contributed by atoms with Crippen molar-refractivity contribution in [1.29, 1.82) is 0 Å². The van der Waals surface area contributed by atoms with E-state index in [0.717, 1.165) is 11.1 Å². The molecule has 0 spiro atoms. The van der Waals surface area contributed by atoms with Gasteiger partial charge in [-0.05, 0) is 29.8 Å². The number of aliphatic carboxylic acids is 1. The molecule has 25 heavy (non-hydrogen) atoms. The van der Waals surface area contributed by atoms with Crippen molar-refractivity contribution in [3.63, 3.8) is 0 Å². The first-order valence-corrected chi connectivity index (χ1v) is 9.16. The number of amidine groups is 1. The van der Waals surface area contributed by atoms with E-state index in [0.29, 0.717) is 11.5 Å². The molecule has 1 aliphatic heterocycles. The fourth-order valence-electron chi connectivity index (χ4n) is 2.70. The maximum Gasteiger partial charge on any atom is 0.306 e. The molecule has 0 saturated carbocycles. The number of rotatable bonds is 5. The Kier molecular flexibility index (Phi) is 5.10. The second kappa shape index (κ2) is 7.13. The number of nitrogens with two attached hydrogens (primary N) is 1. The summed E-state index contributed by atoms with van der Waals surface area (Å²) in [5.74, 6) is -0.558. The van der Waals surface area contributed by atoms with Crippen LogP contribution in [0.4, 0.5) is 5.69 Å². The first-order chi connectivity index (χ1) is 11.9. The van der Waals surface area contributed by atoms with Crippen molar-refractivity contribution in [2.75, 3.05) is 5.73 Å². The van der Waals surface area contributed by atoms with Gasteiger partial charge in [0.05, 0.1) is 10.3 Å². The molecule has 2 aromatic rings. The van der Waals surface area contributed by atoms with Crippen LogP contribution in [-0.2, 0) is 4.79 Å². The molecule has 5 nitrogen and oxygen atoms in total. The molecule has 0 fully saturated rings. The predicted octanol–water partition coefficient (Wildman–Crippen LogP) is 4.06. The van der Waals surface area contributed by atoms with Crippen LogP contribution in [0.3, 0.4) is 0 Å². The topological polar surface area (TPSA) is 88.0 Å². The predicted molar refractivity (Wildman–Crippen MR) is 109 cm³/mol. The smallest absolute Gasteiger partial charge is 0.306 e. The van der Waals surface area contributed by atoms with Gasteiger partial charge in [0, 0.05) is 11.3 Å². The molecular weight excluding hydrogens is 453 g/mol. The first-order valence-electron chi connectivity index (χ1n) is 7.53. The molecule has 0 aromatic heterocycles. The number of benzene rings is 2. The minimum absolute atomic E-state index is 0.185. The first kappa shape index (κ1) is 17.9. The van der Waals surface area contributed by atoms with Gasteiger partial charge in [-0.3, -0.25) is 4.79 Å². The normalized spacial score (nSPS) is 20.7. The van der Waals surface area contributed by atoms with E-state index < -0.39 is 11.5 Å². The van der Waals surface area contributed by atoms with Gasteiger partial charge < -0.3 is 10.8 Å². The summed E-state index contributed by atoms with van der Waals surface area (Å²) < 4.78 is -0.273. The highest BCUT2D eigenvalue weighted by Gasteiger charge is 2.48. The van der Waals surface area contributed by atoms with E-state index in [1.54, 1.807) is 24.3 Å². The van der Waals surface area contributed by atoms with Crippen molar-refractivity contribution in [2.45, 2.75) is 15.9 Å². The van der Waals surface area contributed by atoms with Crippen LogP contribution in [0.25, 0.3) is 0 Å². The van der Waals surface area contributed by atoms with Crippen molar-refractivity contribution in [2.24, 2.45) is 9.98 Å². The number of alkyl halides is 1. The van der Waals surface area contributed by atoms with E-state index in [2.05, 4.69) is 32.6 Å². The lowest BCUT2D eigenvalue weighted by Gasteiger charge is -2.29. The summed E-state index contributed by atoms with van der Waals surface area (Å²) in [5, 5.41) is 9.63. The zero-order valence-corrected chi connectivity index (χ0v) is 16.0. The minimum Gasteiger partial charge on any atom is -0.481 e. The Hall–Kier alpha value is -1.93. The van der Waals surface area contributed by atoms with Crippen molar-refractivity contribution < 1.29 is 9.90 Å². The summed E-state index contributed by atoms with van der Waals surface area (Å²) in [5.41, 5.74) is 6.90. The fraction of sp³-hybridized carbons (Fsp3) is 0.167. The highest BCUT2D eigenvalue weighted by molar-refractivity contribution is 14.1.